The summed E-state index contributed by atoms with van der Waals surface area (Å²) in [7, 11) is -1.27. The zero-order chi connectivity index (χ0) is 19.0. The molecule has 0 aliphatic heterocycles. The topological polar surface area (TPSA) is 92.7 Å². The minimum absolute atomic E-state index is 0. The van der Waals surface area contributed by atoms with Gasteiger partial charge in [0.25, 0.3) is 0 Å². The Morgan fingerprint density at radius 3 is 2.74 bits per heavy atom. The first-order chi connectivity index (χ1) is 12.4. The summed E-state index contributed by atoms with van der Waals surface area (Å²) in [4.78, 5) is 8.58. The van der Waals surface area contributed by atoms with Crippen molar-refractivity contribution in [3.8, 4) is 5.88 Å². The van der Waals surface area contributed by atoms with Gasteiger partial charge >= 0.3 is 0 Å². The van der Waals surface area contributed by atoms with Crippen molar-refractivity contribution in [1.82, 2.24) is 15.6 Å². The van der Waals surface area contributed by atoms with Crippen LogP contribution in [0.15, 0.2) is 23.3 Å². The number of hydrogen-bond donors (Lipinski definition) is 2. The van der Waals surface area contributed by atoms with Crippen LogP contribution in [-0.2, 0) is 16.4 Å². The van der Waals surface area contributed by atoms with E-state index in [4.69, 9.17) is 4.74 Å². The molecule has 0 spiro atoms. The Bertz CT molecular complexity index is 706. The summed E-state index contributed by atoms with van der Waals surface area (Å²) in [5, 5.41) is 6.46. The number of sulfone groups is 1. The SMILES string of the molecule is CN=C(NCc1cccnc1OC1CCCC1)NC(C)CCS(C)(=O)=O.I. The predicted molar refractivity (Wildman–Crippen MR) is 120 cm³/mol. The van der Waals surface area contributed by atoms with E-state index in [1.54, 1.807) is 13.2 Å². The lowest BCUT2D eigenvalue weighted by atomic mass is 10.2. The van der Waals surface area contributed by atoms with Gasteiger partial charge in [-0.05, 0) is 45.1 Å². The molecule has 1 atom stereocenters. The van der Waals surface area contributed by atoms with Crippen LogP contribution in [0.4, 0.5) is 0 Å². The van der Waals surface area contributed by atoms with Crippen LogP contribution in [0.3, 0.4) is 0 Å². The van der Waals surface area contributed by atoms with Crippen LogP contribution in [0, 0.1) is 0 Å². The third-order valence-corrected chi connectivity index (χ3v) is 5.38. The maximum Gasteiger partial charge on any atom is 0.218 e. The summed E-state index contributed by atoms with van der Waals surface area (Å²) >= 11 is 0. The fourth-order valence-corrected chi connectivity index (χ4v) is 3.68. The molecule has 27 heavy (non-hydrogen) atoms. The number of nitrogens with zero attached hydrogens (tertiary/aromatic N) is 2. The van der Waals surface area contributed by atoms with Crippen LogP contribution in [-0.4, -0.2) is 50.6 Å². The molecule has 1 heterocycles. The molecule has 0 radical (unpaired) electrons. The van der Waals surface area contributed by atoms with Crippen molar-refractivity contribution in [3.63, 3.8) is 0 Å². The van der Waals surface area contributed by atoms with Gasteiger partial charge < -0.3 is 15.4 Å². The predicted octanol–water partition coefficient (Wildman–Crippen LogP) is 2.51. The molecule has 1 aliphatic rings. The molecular weight excluding hydrogens is 479 g/mol. The fourth-order valence-electron chi connectivity index (χ4n) is 2.90. The van der Waals surface area contributed by atoms with Gasteiger partial charge in [0.1, 0.15) is 15.9 Å². The lowest BCUT2D eigenvalue weighted by Crippen LogP contribution is -2.42. The molecule has 1 saturated carbocycles. The molecule has 1 fully saturated rings. The van der Waals surface area contributed by atoms with Crippen LogP contribution >= 0.6 is 24.0 Å². The molecule has 154 valence electrons. The van der Waals surface area contributed by atoms with Gasteiger partial charge in [-0.1, -0.05) is 6.07 Å². The molecule has 1 aromatic heterocycles. The average Bonchev–Trinajstić information content (AvgIpc) is 3.10. The smallest absolute Gasteiger partial charge is 0.218 e. The summed E-state index contributed by atoms with van der Waals surface area (Å²) < 4.78 is 28.6. The number of halogens is 1. The summed E-state index contributed by atoms with van der Waals surface area (Å²) in [6, 6.07) is 3.88. The van der Waals surface area contributed by atoms with E-state index in [0.29, 0.717) is 24.8 Å². The molecule has 2 N–H and O–H groups in total. The second kappa shape index (κ2) is 11.7. The lowest BCUT2D eigenvalue weighted by molar-refractivity contribution is 0.199. The molecular formula is C18H31IN4O3S. The highest BCUT2D eigenvalue weighted by Gasteiger charge is 2.18. The third-order valence-electron chi connectivity index (χ3n) is 4.41. The average molecular weight is 510 g/mol. The number of hydrogen-bond acceptors (Lipinski definition) is 5. The van der Waals surface area contributed by atoms with E-state index in [0.717, 1.165) is 18.4 Å². The Labute approximate surface area is 179 Å². The number of aromatic nitrogens is 1. The molecule has 0 aromatic carbocycles. The quantitative estimate of drug-likeness (QED) is 0.317. The van der Waals surface area contributed by atoms with Gasteiger partial charge in [-0.2, -0.15) is 0 Å². The van der Waals surface area contributed by atoms with Gasteiger partial charge in [-0.25, -0.2) is 13.4 Å². The molecule has 7 nitrogen and oxygen atoms in total. The van der Waals surface area contributed by atoms with Crippen molar-refractivity contribution in [2.24, 2.45) is 4.99 Å². The van der Waals surface area contributed by atoms with Gasteiger partial charge in [-0.15, -0.1) is 24.0 Å². The largest absolute Gasteiger partial charge is 0.474 e. The fraction of sp³-hybridized carbons (Fsp3) is 0.667. The first-order valence-electron chi connectivity index (χ1n) is 9.13. The van der Waals surface area contributed by atoms with Crippen molar-refractivity contribution in [1.29, 1.82) is 0 Å². The van der Waals surface area contributed by atoms with Crippen LogP contribution in [0.25, 0.3) is 0 Å². The number of nitrogens with one attached hydrogen (secondary N) is 2. The zero-order valence-electron chi connectivity index (χ0n) is 16.3. The second-order valence-corrected chi connectivity index (χ2v) is 9.14. The summed E-state index contributed by atoms with van der Waals surface area (Å²) in [6.45, 7) is 2.48. The van der Waals surface area contributed by atoms with Crippen molar-refractivity contribution in [2.45, 2.75) is 57.7 Å². The molecule has 1 unspecified atom stereocenters. The Kier molecular flexibility index (Phi) is 10.4. The Hall–Kier alpha value is -1.10. The van der Waals surface area contributed by atoms with E-state index in [9.17, 15) is 8.42 Å². The van der Waals surface area contributed by atoms with E-state index in [-0.39, 0.29) is 41.9 Å². The van der Waals surface area contributed by atoms with Gasteiger partial charge in [0.05, 0.1) is 5.75 Å². The Morgan fingerprint density at radius 1 is 1.41 bits per heavy atom. The molecule has 0 saturated heterocycles. The van der Waals surface area contributed by atoms with Crippen LogP contribution in [0.2, 0.25) is 0 Å². The maximum absolute atomic E-state index is 11.3. The van der Waals surface area contributed by atoms with Gasteiger partial charge in [0, 0.05) is 37.7 Å². The van der Waals surface area contributed by atoms with Crippen molar-refractivity contribution >= 4 is 39.8 Å². The number of pyridine rings is 1. The zero-order valence-corrected chi connectivity index (χ0v) is 19.4. The first kappa shape index (κ1) is 23.9. The van der Waals surface area contributed by atoms with E-state index in [1.807, 2.05) is 19.1 Å². The third kappa shape index (κ3) is 9.09. The number of aliphatic imine (C=N–C) groups is 1. The highest BCUT2D eigenvalue weighted by molar-refractivity contribution is 14.0. The summed E-state index contributed by atoms with van der Waals surface area (Å²) in [5.41, 5.74) is 0.978. The second-order valence-electron chi connectivity index (χ2n) is 6.88. The highest BCUT2D eigenvalue weighted by Crippen LogP contribution is 2.24. The molecule has 1 aromatic rings. The number of ether oxygens (including phenoxy) is 1. The maximum atomic E-state index is 11.3. The van der Waals surface area contributed by atoms with Crippen molar-refractivity contribution < 1.29 is 13.2 Å². The van der Waals surface area contributed by atoms with E-state index < -0.39 is 9.84 Å². The molecule has 0 bridgehead atoms. The Balaban J connectivity index is 0.00000364. The minimum atomic E-state index is -2.96. The van der Waals surface area contributed by atoms with Crippen LogP contribution in [0.5, 0.6) is 5.88 Å². The first-order valence-corrected chi connectivity index (χ1v) is 11.2. The highest BCUT2D eigenvalue weighted by atomic mass is 127. The monoisotopic (exact) mass is 510 g/mol. The molecule has 2 rings (SSSR count). The molecule has 9 heteroatoms. The van der Waals surface area contributed by atoms with Gasteiger partial charge in [-0.3, -0.25) is 4.99 Å². The molecule has 0 amide bonds. The van der Waals surface area contributed by atoms with E-state index in [2.05, 4.69) is 20.6 Å². The van der Waals surface area contributed by atoms with Crippen LogP contribution < -0.4 is 15.4 Å². The van der Waals surface area contributed by atoms with E-state index >= 15 is 0 Å². The van der Waals surface area contributed by atoms with Crippen molar-refractivity contribution in [2.75, 3.05) is 19.1 Å². The summed E-state index contributed by atoms with van der Waals surface area (Å²) in [6.07, 6.45) is 8.39. The van der Waals surface area contributed by atoms with Crippen LogP contribution in [0.1, 0.15) is 44.6 Å². The number of guanidine groups is 1. The van der Waals surface area contributed by atoms with E-state index in [1.165, 1.54) is 19.1 Å². The van der Waals surface area contributed by atoms with Gasteiger partial charge in [0.15, 0.2) is 5.96 Å². The normalized spacial score (nSPS) is 16.5. The molecule has 1 aliphatic carbocycles. The summed E-state index contributed by atoms with van der Waals surface area (Å²) in [5.74, 6) is 1.45. The van der Waals surface area contributed by atoms with Crippen molar-refractivity contribution in [3.05, 3.63) is 23.9 Å². The minimum Gasteiger partial charge on any atom is -0.474 e. The van der Waals surface area contributed by atoms with Gasteiger partial charge in [0.2, 0.25) is 5.88 Å². The standard InChI is InChI=1S/C18H30N4O3S.HI/c1-14(10-12-26(3,23)24)22-18(19-2)21-13-15-7-6-11-20-17(15)25-16-8-4-5-9-16;/h6-7,11,14,16H,4-5,8-10,12-13H2,1-3H3,(H2,19,21,22);1H. The number of rotatable bonds is 8. The lowest BCUT2D eigenvalue weighted by Gasteiger charge is -2.19. The Morgan fingerprint density at radius 2 is 2.11 bits per heavy atom.